The van der Waals surface area contributed by atoms with Gasteiger partial charge in [0, 0.05) is 11.1 Å². The average molecular weight is 230 g/mol. The maximum atomic E-state index is 10.5. The summed E-state index contributed by atoms with van der Waals surface area (Å²) in [6.07, 6.45) is 3.55. The zero-order valence-corrected chi connectivity index (χ0v) is 9.82. The molecule has 0 bridgehead atoms. The number of rotatable bonds is 4. The van der Waals surface area contributed by atoms with Crippen LogP contribution in [0.2, 0.25) is 0 Å². The molecule has 0 saturated heterocycles. The second kappa shape index (κ2) is 9.92. The molecule has 0 spiro atoms. The molecule has 0 saturated carbocycles. The van der Waals surface area contributed by atoms with Crippen molar-refractivity contribution in [2.45, 2.75) is 33.6 Å². The molecular formula is C11H18O5. The van der Waals surface area contributed by atoms with Crippen LogP contribution in [0.4, 0.5) is 0 Å². The third-order valence-electron chi connectivity index (χ3n) is 1.51. The van der Waals surface area contributed by atoms with E-state index in [1.807, 2.05) is 6.92 Å². The van der Waals surface area contributed by atoms with Gasteiger partial charge in [-0.15, -0.1) is 0 Å². The molecule has 0 aliphatic carbocycles. The smallest absolute Gasteiger partial charge is 0.368 e. The van der Waals surface area contributed by atoms with E-state index in [2.05, 4.69) is 11.5 Å². The maximum Gasteiger partial charge on any atom is 0.368 e. The van der Waals surface area contributed by atoms with Gasteiger partial charge in [0.2, 0.25) is 0 Å². The van der Waals surface area contributed by atoms with Gasteiger partial charge in [0.1, 0.15) is 0 Å². The minimum Gasteiger partial charge on any atom is -0.478 e. The molecule has 0 aromatic heterocycles. The highest BCUT2D eigenvalue weighted by molar-refractivity contribution is 5.87. The number of carbonyl (C=O) groups is 2. The Morgan fingerprint density at radius 2 is 1.81 bits per heavy atom. The van der Waals surface area contributed by atoms with E-state index in [0.29, 0.717) is 5.57 Å². The number of carboxylic acid groups (broad SMARTS) is 1. The van der Waals surface area contributed by atoms with Crippen LogP contribution in [0.1, 0.15) is 33.6 Å². The summed E-state index contributed by atoms with van der Waals surface area (Å²) < 4.78 is 0. The molecule has 0 heterocycles. The molecule has 0 amide bonds. The first-order chi connectivity index (χ1) is 7.36. The largest absolute Gasteiger partial charge is 0.478 e. The van der Waals surface area contributed by atoms with E-state index in [9.17, 15) is 9.59 Å². The second-order valence-corrected chi connectivity index (χ2v) is 3.14. The molecule has 0 fully saturated rings. The minimum absolute atomic E-state index is 0.176. The summed E-state index contributed by atoms with van der Waals surface area (Å²) in [5, 5.41) is 15.8. The van der Waals surface area contributed by atoms with Crippen LogP contribution in [0.5, 0.6) is 0 Å². The molecule has 0 aliphatic heterocycles. The molecule has 0 atom stereocenters. The van der Waals surface area contributed by atoms with E-state index in [1.54, 1.807) is 13.0 Å². The number of unbranched alkanes of at least 4 members (excludes halogenated alkanes) is 1. The third-order valence-corrected chi connectivity index (χ3v) is 1.51. The molecule has 0 radical (unpaired) electrons. The van der Waals surface area contributed by atoms with Crippen LogP contribution in [-0.2, 0) is 14.5 Å². The maximum absolute atomic E-state index is 10.5. The molecule has 16 heavy (non-hydrogen) atoms. The van der Waals surface area contributed by atoms with E-state index in [0.717, 1.165) is 12.8 Å². The topological polar surface area (TPSA) is 83.8 Å². The lowest BCUT2D eigenvalue weighted by atomic mass is 10.2. The lowest BCUT2D eigenvalue weighted by Crippen LogP contribution is -2.01. The Labute approximate surface area is 95.0 Å². The Bertz CT molecular complexity index is 266. The summed E-state index contributed by atoms with van der Waals surface area (Å²) >= 11 is 0. The lowest BCUT2D eigenvalue weighted by molar-refractivity contribution is -0.229. The van der Waals surface area contributed by atoms with Crippen molar-refractivity contribution in [3.63, 3.8) is 0 Å². The van der Waals surface area contributed by atoms with Gasteiger partial charge in [-0.25, -0.2) is 9.59 Å². The second-order valence-electron chi connectivity index (χ2n) is 3.14. The van der Waals surface area contributed by atoms with Crippen LogP contribution >= 0.6 is 0 Å². The van der Waals surface area contributed by atoms with E-state index >= 15 is 0 Å². The van der Waals surface area contributed by atoms with E-state index in [-0.39, 0.29) is 5.57 Å². The van der Waals surface area contributed by atoms with Gasteiger partial charge in [0.15, 0.2) is 0 Å². The summed E-state index contributed by atoms with van der Waals surface area (Å²) in [5.41, 5.74) is 0.624. The molecule has 0 aromatic rings. The fraction of sp³-hybridized carbons (Fsp3) is 0.455. The van der Waals surface area contributed by atoms with E-state index in [1.165, 1.54) is 6.92 Å². The van der Waals surface area contributed by atoms with Crippen molar-refractivity contribution in [3.8, 4) is 0 Å². The SMILES string of the molecule is C=C(C)C(=O)O.CCCC=C(C)C(=O)OO. The van der Waals surface area contributed by atoms with Crippen LogP contribution in [0.25, 0.3) is 0 Å². The summed E-state index contributed by atoms with van der Waals surface area (Å²) in [4.78, 5) is 23.6. The first-order valence-corrected chi connectivity index (χ1v) is 4.78. The van der Waals surface area contributed by atoms with Crippen LogP contribution in [0, 0.1) is 0 Å². The van der Waals surface area contributed by atoms with Crippen LogP contribution in [-0.4, -0.2) is 22.3 Å². The van der Waals surface area contributed by atoms with Crippen molar-refractivity contribution in [3.05, 3.63) is 23.8 Å². The third kappa shape index (κ3) is 10.5. The van der Waals surface area contributed by atoms with Gasteiger partial charge in [-0.05, 0) is 20.3 Å². The molecule has 0 aromatic carbocycles. The van der Waals surface area contributed by atoms with Crippen LogP contribution < -0.4 is 0 Å². The standard InChI is InChI=1S/C7H12O3.C4H6O2/c1-3-4-5-6(2)7(8)10-9;1-3(2)4(5)6/h5,9H,3-4H2,1-2H3;1H2,2H3,(H,5,6). The van der Waals surface area contributed by atoms with E-state index < -0.39 is 11.9 Å². The normalized spacial score (nSPS) is 9.88. The van der Waals surface area contributed by atoms with Gasteiger partial charge < -0.3 is 5.11 Å². The number of aliphatic carboxylic acids is 1. The molecule has 5 nitrogen and oxygen atoms in total. The van der Waals surface area contributed by atoms with Crippen molar-refractivity contribution in [1.29, 1.82) is 0 Å². The zero-order chi connectivity index (χ0) is 13.1. The fourth-order valence-corrected chi connectivity index (χ4v) is 0.516. The molecule has 0 unspecified atom stereocenters. The fourth-order valence-electron chi connectivity index (χ4n) is 0.516. The quantitative estimate of drug-likeness (QED) is 0.440. The van der Waals surface area contributed by atoms with Crippen molar-refractivity contribution in [2.24, 2.45) is 0 Å². The Hall–Kier alpha value is -1.62. The first-order valence-electron chi connectivity index (χ1n) is 4.78. The number of carbonyl (C=O) groups excluding carboxylic acids is 1. The van der Waals surface area contributed by atoms with Gasteiger partial charge >= 0.3 is 11.9 Å². The van der Waals surface area contributed by atoms with Gasteiger partial charge in [0.25, 0.3) is 0 Å². The number of allylic oxidation sites excluding steroid dienone is 1. The molecule has 0 rings (SSSR count). The van der Waals surface area contributed by atoms with Crippen LogP contribution in [0.15, 0.2) is 23.8 Å². The van der Waals surface area contributed by atoms with Gasteiger partial charge in [0.05, 0.1) is 0 Å². The highest BCUT2D eigenvalue weighted by Gasteiger charge is 2.02. The average Bonchev–Trinajstić information content (AvgIpc) is 2.25. The zero-order valence-electron chi connectivity index (χ0n) is 9.82. The van der Waals surface area contributed by atoms with Crippen molar-refractivity contribution < 1.29 is 24.8 Å². The summed E-state index contributed by atoms with van der Waals surface area (Å²) in [6.45, 7) is 8.22. The summed E-state index contributed by atoms with van der Waals surface area (Å²) in [6, 6.07) is 0. The predicted octanol–water partition coefficient (Wildman–Crippen LogP) is 2.40. The van der Waals surface area contributed by atoms with Crippen molar-refractivity contribution in [1.82, 2.24) is 0 Å². The lowest BCUT2D eigenvalue weighted by Gasteiger charge is -1.93. The summed E-state index contributed by atoms with van der Waals surface area (Å²) in [7, 11) is 0. The van der Waals surface area contributed by atoms with Gasteiger partial charge in [-0.3, -0.25) is 4.89 Å². The summed E-state index contributed by atoms with van der Waals surface area (Å²) in [5.74, 6) is -1.61. The molecule has 5 heteroatoms. The van der Waals surface area contributed by atoms with E-state index in [4.69, 9.17) is 10.4 Å². The Morgan fingerprint density at radius 3 is 2.06 bits per heavy atom. The molecule has 0 aliphatic rings. The van der Waals surface area contributed by atoms with Crippen molar-refractivity contribution >= 4 is 11.9 Å². The highest BCUT2D eigenvalue weighted by atomic mass is 17.1. The Balaban J connectivity index is 0. The number of hydrogen-bond acceptors (Lipinski definition) is 4. The predicted molar refractivity (Wildman–Crippen MR) is 59.8 cm³/mol. The molecule has 92 valence electrons. The van der Waals surface area contributed by atoms with Crippen LogP contribution in [0.3, 0.4) is 0 Å². The minimum atomic E-state index is -0.935. The van der Waals surface area contributed by atoms with Gasteiger partial charge in [-0.2, -0.15) is 5.26 Å². The van der Waals surface area contributed by atoms with Crippen molar-refractivity contribution in [2.75, 3.05) is 0 Å². The first kappa shape index (κ1) is 16.8. The molecule has 2 N–H and O–H groups in total. The molecular weight excluding hydrogens is 212 g/mol. The Kier molecular flexibility index (Phi) is 10.4. The monoisotopic (exact) mass is 230 g/mol. The highest BCUT2D eigenvalue weighted by Crippen LogP contribution is 1.99. The number of carboxylic acids is 1. The Morgan fingerprint density at radius 1 is 1.38 bits per heavy atom. The number of hydrogen-bond donors (Lipinski definition) is 2. The van der Waals surface area contributed by atoms with Gasteiger partial charge in [-0.1, -0.05) is 26.0 Å².